The molecule has 3 rings (SSSR count). The van der Waals surface area contributed by atoms with E-state index in [1.54, 1.807) is 11.9 Å². The second-order valence-electron chi connectivity index (χ2n) is 5.92. The summed E-state index contributed by atoms with van der Waals surface area (Å²) < 4.78 is 5.58. The Morgan fingerprint density at radius 1 is 1.41 bits per heavy atom. The number of rotatable bonds is 5. The number of fused-ring (bicyclic) bond motifs is 1. The van der Waals surface area contributed by atoms with Crippen molar-refractivity contribution in [2.45, 2.75) is 36.5 Å². The average molecular weight is 320 g/mol. The third-order valence-corrected chi connectivity index (χ3v) is 4.90. The minimum atomic E-state index is -0.702. The maximum Gasteiger partial charge on any atom is 0.257 e. The predicted octanol–water partition coefficient (Wildman–Crippen LogP) is 2.68. The lowest BCUT2D eigenvalue weighted by atomic mass is 10.0. The van der Waals surface area contributed by atoms with Gasteiger partial charge in [0.25, 0.3) is 5.22 Å². The van der Waals surface area contributed by atoms with Crippen LogP contribution in [-0.2, 0) is 4.79 Å². The number of hydrogen-bond acceptors (Lipinski definition) is 5. The maximum atomic E-state index is 12.2. The SMILES string of the molecule is CN(CC1(O)CCCC1)C(=O)CSc1nc2ccccc2o1. The fraction of sp³-hybridized carbons (Fsp3) is 0.500. The molecule has 0 atom stereocenters. The Balaban J connectivity index is 1.55. The van der Waals surface area contributed by atoms with E-state index >= 15 is 0 Å². The standard InChI is InChI=1S/C16H20N2O3S/c1-18(11-16(20)8-4-5-9-16)14(19)10-22-15-17-12-6-2-3-7-13(12)21-15/h2-3,6-7,20H,4-5,8-11H2,1H3. The summed E-state index contributed by atoms with van der Waals surface area (Å²) in [5, 5.41) is 10.9. The summed E-state index contributed by atoms with van der Waals surface area (Å²) in [7, 11) is 1.74. The number of para-hydroxylation sites is 2. The van der Waals surface area contributed by atoms with Crippen molar-refractivity contribution in [3.63, 3.8) is 0 Å². The third-order valence-electron chi connectivity index (χ3n) is 4.08. The predicted molar refractivity (Wildman–Crippen MR) is 85.8 cm³/mol. The summed E-state index contributed by atoms with van der Waals surface area (Å²) in [4.78, 5) is 18.1. The number of likely N-dealkylation sites (N-methyl/N-ethyl adjacent to an activating group) is 1. The van der Waals surface area contributed by atoms with Crippen LogP contribution in [0.4, 0.5) is 0 Å². The first-order chi connectivity index (χ1) is 10.6. The highest BCUT2D eigenvalue weighted by atomic mass is 32.2. The number of thioether (sulfide) groups is 1. The number of benzene rings is 1. The summed E-state index contributed by atoms with van der Waals surface area (Å²) in [6.07, 6.45) is 3.64. The normalized spacial score (nSPS) is 17.0. The largest absolute Gasteiger partial charge is 0.431 e. The molecule has 22 heavy (non-hydrogen) atoms. The van der Waals surface area contributed by atoms with Crippen LogP contribution in [0.1, 0.15) is 25.7 Å². The number of oxazole rings is 1. The molecular formula is C16H20N2O3S. The molecule has 0 bridgehead atoms. The van der Waals surface area contributed by atoms with E-state index in [1.165, 1.54) is 11.8 Å². The van der Waals surface area contributed by atoms with Gasteiger partial charge in [0.1, 0.15) is 5.52 Å². The van der Waals surface area contributed by atoms with E-state index in [4.69, 9.17) is 4.42 Å². The fourth-order valence-electron chi connectivity index (χ4n) is 2.87. The quantitative estimate of drug-likeness (QED) is 0.858. The number of aliphatic hydroxyl groups is 1. The summed E-state index contributed by atoms with van der Waals surface area (Å²) in [5.74, 6) is 0.243. The Labute approximate surface area is 133 Å². The maximum absolute atomic E-state index is 12.2. The van der Waals surface area contributed by atoms with E-state index in [-0.39, 0.29) is 11.7 Å². The molecule has 6 heteroatoms. The van der Waals surface area contributed by atoms with Gasteiger partial charge < -0.3 is 14.4 Å². The molecule has 0 unspecified atom stereocenters. The Hall–Kier alpha value is -1.53. The van der Waals surface area contributed by atoms with Crippen molar-refractivity contribution in [2.24, 2.45) is 0 Å². The van der Waals surface area contributed by atoms with Crippen LogP contribution in [0.5, 0.6) is 0 Å². The van der Waals surface area contributed by atoms with Gasteiger partial charge in [-0.1, -0.05) is 36.7 Å². The molecule has 1 heterocycles. The van der Waals surface area contributed by atoms with Gasteiger partial charge in [0, 0.05) is 13.6 Å². The molecule has 1 saturated carbocycles. The molecule has 1 amide bonds. The smallest absolute Gasteiger partial charge is 0.257 e. The van der Waals surface area contributed by atoms with Gasteiger partial charge in [0.05, 0.1) is 11.4 Å². The lowest BCUT2D eigenvalue weighted by molar-refractivity contribution is -0.130. The Kier molecular flexibility index (Phi) is 4.40. The zero-order chi connectivity index (χ0) is 15.6. The van der Waals surface area contributed by atoms with Crippen LogP contribution in [0.3, 0.4) is 0 Å². The number of carbonyl (C=O) groups excluding carboxylic acids is 1. The molecule has 1 fully saturated rings. The second-order valence-corrected chi connectivity index (χ2v) is 6.84. The minimum Gasteiger partial charge on any atom is -0.431 e. The van der Waals surface area contributed by atoms with Gasteiger partial charge in [-0.3, -0.25) is 4.79 Å². The number of carbonyl (C=O) groups is 1. The van der Waals surface area contributed by atoms with Crippen LogP contribution >= 0.6 is 11.8 Å². The van der Waals surface area contributed by atoms with Crippen LogP contribution in [0.2, 0.25) is 0 Å². The van der Waals surface area contributed by atoms with Crippen LogP contribution in [-0.4, -0.2) is 45.8 Å². The van der Waals surface area contributed by atoms with E-state index < -0.39 is 5.60 Å². The van der Waals surface area contributed by atoms with Crippen LogP contribution in [0, 0.1) is 0 Å². The minimum absolute atomic E-state index is 0.0208. The first-order valence-electron chi connectivity index (χ1n) is 7.50. The van der Waals surface area contributed by atoms with Gasteiger partial charge in [-0.25, -0.2) is 4.98 Å². The zero-order valence-corrected chi connectivity index (χ0v) is 13.4. The molecule has 0 spiro atoms. The highest BCUT2D eigenvalue weighted by molar-refractivity contribution is 7.99. The highest BCUT2D eigenvalue weighted by Crippen LogP contribution is 2.30. The van der Waals surface area contributed by atoms with Crippen molar-refractivity contribution in [3.05, 3.63) is 24.3 Å². The van der Waals surface area contributed by atoms with E-state index in [1.807, 2.05) is 24.3 Å². The first-order valence-corrected chi connectivity index (χ1v) is 8.49. The molecule has 2 aromatic rings. The first kappa shape index (κ1) is 15.4. The molecule has 0 radical (unpaired) electrons. The molecule has 0 aliphatic heterocycles. The van der Waals surface area contributed by atoms with E-state index in [0.717, 1.165) is 36.8 Å². The number of aromatic nitrogens is 1. The topological polar surface area (TPSA) is 66.6 Å². The van der Waals surface area contributed by atoms with Gasteiger partial charge in [-0.05, 0) is 25.0 Å². The van der Waals surface area contributed by atoms with E-state index in [0.29, 0.717) is 11.8 Å². The molecule has 118 valence electrons. The van der Waals surface area contributed by atoms with Crippen molar-refractivity contribution in [1.82, 2.24) is 9.88 Å². The highest BCUT2D eigenvalue weighted by Gasteiger charge is 2.33. The van der Waals surface area contributed by atoms with Crippen molar-refractivity contribution in [2.75, 3.05) is 19.3 Å². The molecule has 0 saturated heterocycles. The number of nitrogens with zero attached hydrogens (tertiary/aromatic N) is 2. The number of hydrogen-bond donors (Lipinski definition) is 1. The molecular weight excluding hydrogens is 300 g/mol. The van der Waals surface area contributed by atoms with Crippen molar-refractivity contribution < 1.29 is 14.3 Å². The van der Waals surface area contributed by atoms with E-state index in [9.17, 15) is 9.90 Å². The third kappa shape index (κ3) is 3.44. The molecule has 1 aliphatic carbocycles. The van der Waals surface area contributed by atoms with Gasteiger partial charge >= 0.3 is 0 Å². The zero-order valence-electron chi connectivity index (χ0n) is 12.6. The lowest BCUT2D eigenvalue weighted by Crippen LogP contribution is -2.42. The van der Waals surface area contributed by atoms with Crippen LogP contribution in [0.15, 0.2) is 33.9 Å². The van der Waals surface area contributed by atoms with Crippen molar-refractivity contribution in [1.29, 1.82) is 0 Å². The lowest BCUT2D eigenvalue weighted by Gasteiger charge is -2.28. The monoisotopic (exact) mass is 320 g/mol. The Morgan fingerprint density at radius 3 is 2.86 bits per heavy atom. The van der Waals surface area contributed by atoms with Crippen molar-refractivity contribution >= 4 is 28.8 Å². The molecule has 1 aliphatic rings. The fourth-order valence-corrected chi connectivity index (χ4v) is 3.65. The van der Waals surface area contributed by atoms with E-state index in [2.05, 4.69) is 4.98 Å². The van der Waals surface area contributed by atoms with Crippen molar-refractivity contribution in [3.8, 4) is 0 Å². The summed E-state index contributed by atoms with van der Waals surface area (Å²) >= 11 is 1.29. The Morgan fingerprint density at radius 2 is 2.14 bits per heavy atom. The summed E-state index contributed by atoms with van der Waals surface area (Å²) in [5.41, 5.74) is 0.823. The molecule has 1 aromatic carbocycles. The van der Waals surface area contributed by atoms with Gasteiger partial charge in [-0.2, -0.15) is 0 Å². The molecule has 1 N–H and O–H groups in total. The number of amides is 1. The van der Waals surface area contributed by atoms with Gasteiger partial charge in [0.15, 0.2) is 5.58 Å². The van der Waals surface area contributed by atoms with Gasteiger partial charge in [0.2, 0.25) is 5.91 Å². The van der Waals surface area contributed by atoms with Gasteiger partial charge in [-0.15, -0.1) is 0 Å². The second kappa shape index (κ2) is 6.30. The Bertz CT molecular complexity index is 631. The molecule has 1 aromatic heterocycles. The summed E-state index contributed by atoms with van der Waals surface area (Å²) in [6.45, 7) is 0.403. The van der Waals surface area contributed by atoms with Crippen LogP contribution in [0.25, 0.3) is 11.1 Å². The molecule has 5 nitrogen and oxygen atoms in total. The average Bonchev–Trinajstić information content (AvgIpc) is 3.10. The van der Waals surface area contributed by atoms with Crippen LogP contribution < -0.4 is 0 Å². The summed E-state index contributed by atoms with van der Waals surface area (Å²) in [6, 6.07) is 7.53.